The van der Waals surface area contributed by atoms with Crippen LogP contribution in [0.1, 0.15) is 12.8 Å². The topological polar surface area (TPSA) is 49.2 Å². The zero-order valence-electron chi connectivity index (χ0n) is 6.98. The van der Waals surface area contributed by atoms with E-state index in [9.17, 15) is 5.11 Å². The number of aliphatic hydroxyl groups is 1. The molecular formula is C7H10BrN3OS. The second-order valence-corrected chi connectivity index (χ2v) is 5.29. The summed E-state index contributed by atoms with van der Waals surface area (Å²) in [5, 5.41) is 18.2. The van der Waals surface area contributed by atoms with Crippen molar-refractivity contribution >= 4 is 32.4 Å². The molecule has 0 saturated carbocycles. The summed E-state index contributed by atoms with van der Waals surface area (Å²) >= 11 is 4.81. The number of aliphatic hydroxyl groups excluding tert-OH is 1. The summed E-state index contributed by atoms with van der Waals surface area (Å²) in [6.07, 6.45) is 1.53. The molecule has 6 heteroatoms. The lowest BCUT2D eigenvalue weighted by Gasteiger charge is -2.28. The van der Waals surface area contributed by atoms with Crippen LogP contribution in [0.25, 0.3) is 0 Å². The number of hydrogen-bond acceptors (Lipinski definition) is 5. The average Bonchev–Trinajstić information content (AvgIpc) is 2.53. The van der Waals surface area contributed by atoms with Gasteiger partial charge in [-0.2, -0.15) is 0 Å². The van der Waals surface area contributed by atoms with Gasteiger partial charge in [-0.25, -0.2) is 0 Å². The van der Waals surface area contributed by atoms with Gasteiger partial charge in [-0.1, -0.05) is 11.3 Å². The zero-order chi connectivity index (χ0) is 9.26. The zero-order valence-corrected chi connectivity index (χ0v) is 9.38. The summed E-state index contributed by atoms with van der Waals surface area (Å²) in [6.45, 7) is 1.76. The van der Waals surface area contributed by atoms with Crippen LogP contribution >= 0.6 is 27.3 Å². The van der Waals surface area contributed by atoms with Gasteiger partial charge in [-0.15, -0.1) is 10.2 Å². The van der Waals surface area contributed by atoms with Gasteiger partial charge in [0.05, 0.1) is 6.10 Å². The third-order valence-corrected chi connectivity index (χ3v) is 3.54. The van der Waals surface area contributed by atoms with Gasteiger partial charge in [0.2, 0.25) is 5.13 Å². The van der Waals surface area contributed by atoms with Crippen LogP contribution in [0.3, 0.4) is 0 Å². The summed E-state index contributed by atoms with van der Waals surface area (Å²) in [5.41, 5.74) is 0. The molecule has 0 atom stereocenters. The molecule has 72 valence electrons. The molecule has 0 amide bonds. The van der Waals surface area contributed by atoms with Gasteiger partial charge in [0.25, 0.3) is 0 Å². The summed E-state index contributed by atoms with van der Waals surface area (Å²) < 4.78 is 0.814. The standard InChI is InChI=1S/C7H10BrN3OS/c8-6-9-10-7(13-6)11-3-1-5(12)2-4-11/h5,12H,1-4H2. The molecular weight excluding hydrogens is 254 g/mol. The molecule has 1 saturated heterocycles. The van der Waals surface area contributed by atoms with Crippen LogP contribution in [-0.2, 0) is 0 Å². The smallest absolute Gasteiger partial charge is 0.209 e. The van der Waals surface area contributed by atoms with Crippen molar-refractivity contribution in [2.75, 3.05) is 18.0 Å². The number of anilines is 1. The second-order valence-electron chi connectivity index (χ2n) is 3.06. The first-order chi connectivity index (χ1) is 6.25. The average molecular weight is 264 g/mol. The molecule has 1 fully saturated rings. The van der Waals surface area contributed by atoms with Crippen LogP contribution in [0.5, 0.6) is 0 Å². The predicted molar refractivity (Wildman–Crippen MR) is 55.1 cm³/mol. The molecule has 1 N–H and O–H groups in total. The SMILES string of the molecule is OC1CCN(c2nnc(Br)s2)CC1. The molecule has 4 nitrogen and oxygen atoms in total. The maximum atomic E-state index is 9.31. The van der Waals surface area contributed by atoms with Gasteiger partial charge in [-0.3, -0.25) is 0 Å². The molecule has 1 aromatic rings. The van der Waals surface area contributed by atoms with E-state index >= 15 is 0 Å². The first-order valence-corrected chi connectivity index (χ1v) is 5.78. The molecule has 0 spiro atoms. The number of rotatable bonds is 1. The third-order valence-electron chi connectivity index (χ3n) is 2.12. The fourth-order valence-electron chi connectivity index (χ4n) is 1.38. The molecule has 13 heavy (non-hydrogen) atoms. The van der Waals surface area contributed by atoms with Gasteiger partial charge in [0.1, 0.15) is 0 Å². The Bertz CT molecular complexity index is 285. The van der Waals surface area contributed by atoms with Crippen LogP contribution in [0.2, 0.25) is 0 Å². The highest BCUT2D eigenvalue weighted by molar-refractivity contribution is 9.11. The van der Waals surface area contributed by atoms with Crippen molar-refractivity contribution < 1.29 is 5.11 Å². The fourth-order valence-corrected chi connectivity index (χ4v) is 2.52. The molecule has 1 aromatic heterocycles. The van der Waals surface area contributed by atoms with E-state index in [2.05, 4.69) is 31.0 Å². The summed E-state index contributed by atoms with van der Waals surface area (Å²) in [4.78, 5) is 2.16. The predicted octanol–water partition coefficient (Wildman–Crippen LogP) is 1.26. The Morgan fingerprint density at radius 2 is 2.08 bits per heavy atom. The Morgan fingerprint density at radius 1 is 1.38 bits per heavy atom. The molecule has 0 aliphatic carbocycles. The lowest BCUT2D eigenvalue weighted by molar-refractivity contribution is 0.145. The maximum Gasteiger partial charge on any atom is 0.209 e. The number of hydrogen-bond donors (Lipinski definition) is 1. The minimum absolute atomic E-state index is 0.132. The molecule has 2 rings (SSSR count). The van der Waals surface area contributed by atoms with Crippen molar-refractivity contribution in [2.24, 2.45) is 0 Å². The number of aromatic nitrogens is 2. The summed E-state index contributed by atoms with van der Waals surface area (Å²) in [5.74, 6) is 0. The van der Waals surface area contributed by atoms with Crippen LogP contribution in [0.4, 0.5) is 5.13 Å². The van der Waals surface area contributed by atoms with Gasteiger partial charge in [0.15, 0.2) is 3.92 Å². The Balaban J connectivity index is 2.02. The van der Waals surface area contributed by atoms with Crippen LogP contribution in [0, 0.1) is 0 Å². The highest BCUT2D eigenvalue weighted by atomic mass is 79.9. The Kier molecular flexibility index (Phi) is 2.80. The van der Waals surface area contributed by atoms with E-state index in [0.29, 0.717) is 0 Å². The largest absolute Gasteiger partial charge is 0.393 e. The lowest BCUT2D eigenvalue weighted by atomic mass is 10.1. The number of halogens is 1. The van der Waals surface area contributed by atoms with E-state index in [1.807, 2.05) is 0 Å². The monoisotopic (exact) mass is 263 g/mol. The van der Waals surface area contributed by atoms with Gasteiger partial charge in [0, 0.05) is 13.1 Å². The minimum Gasteiger partial charge on any atom is -0.393 e. The van der Waals surface area contributed by atoms with Crippen LogP contribution < -0.4 is 4.90 Å². The Morgan fingerprint density at radius 3 is 2.62 bits per heavy atom. The summed E-state index contributed by atoms with van der Waals surface area (Å²) in [6, 6.07) is 0. The fraction of sp³-hybridized carbons (Fsp3) is 0.714. The van der Waals surface area contributed by atoms with E-state index in [4.69, 9.17) is 0 Å². The van der Waals surface area contributed by atoms with Crippen molar-refractivity contribution in [3.8, 4) is 0 Å². The molecule has 2 heterocycles. The maximum absolute atomic E-state index is 9.31. The quantitative estimate of drug-likeness (QED) is 0.829. The Labute approximate surface area is 88.7 Å². The summed E-state index contributed by atoms with van der Waals surface area (Å²) in [7, 11) is 0. The molecule has 1 aliphatic heterocycles. The van der Waals surface area contributed by atoms with Crippen LogP contribution in [0.15, 0.2) is 3.92 Å². The van der Waals surface area contributed by atoms with Gasteiger partial charge in [-0.05, 0) is 28.8 Å². The van der Waals surface area contributed by atoms with Crippen molar-refractivity contribution in [3.05, 3.63) is 3.92 Å². The van der Waals surface area contributed by atoms with E-state index < -0.39 is 0 Å². The highest BCUT2D eigenvalue weighted by Crippen LogP contribution is 2.26. The molecule has 0 radical (unpaired) electrons. The van der Waals surface area contributed by atoms with Crippen molar-refractivity contribution in [3.63, 3.8) is 0 Å². The molecule has 1 aliphatic rings. The third kappa shape index (κ3) is 2.18. The van der Waals surface area contributed by atoms with Crippen molar-refractivity contribution in [1.82, 2.24) is 10.2 Å². The van der Waals surface area contributed by atoms with Gasteiger partial charge >= 0.3 is 0 Å². The minimum atomic E-state index is -0.132. The van der Waals surface area contributed by atoms with E-state index in [-0.39, 0.29) is 6.10 Å². The lowest BCUT2D eigenvalue weighted by Crippen LogP contribution is -2.35. The normalized spacial score (nSPS) is 19.4. The van der Waals surface area contributed by atoms with E-state index in [1.165, 1.54) is 11.3 Å². The molecule has 0 aromatic carbocycles. The number of nitrogens with zero attached hydrogens (tertiary/aromatic N) is 3. The van der Waals surface area contributed by atoms with E-state index in [0.717, 1.165) is 35.0 Å². The second kappa shape index (κ2) is 3.89. The number of piperidine rings is 1. The highest BCUT2D eigenvalue weighted by Gasteiger charge is 2.19. The van der Waals surface area contributed by atoms with E-state index in [1.54, 1.807) is 0 Å². The van der Waals surface area contributed by atoms with Gasteiger partial charge < -0.3 is 10.0 Å². The molecule has 0 bridgehead atoms. The molecule has 0 unspecified atom stereocenters. The van der Waals surface area contributed by atoms with Crippen molar-refractivity contribution in [1.29, 1.82) is 0 Å². The first-order valence-electron chi connectivity index (χ1n) is 4.18. The first kappa shape index (κ1) is 9.36. The Hall–Kier alpha value is -0.200. The van der Waals surface area contributed by atoms with Crippen molar-refractivity contribution in [2.45, 2.75) is 18.9 Å². The van der Waals surface area contributed by atoms with Crippen LogP contribution in [-0.4, -0.2) is 34.5 Å².